The average Bonchev–Trinajstić information content (AvgIpc) is 3.16. The molecule has 146 valence electrons. The van der Waals surface area contributed by atoms with E-state index in [1.165, 1.54) is 0 Å². The molecule has 0 bridgehead atoms. The normalized spacial score (nSPS) is 24.6. The van der Waals surface area contributed by atoms with E-state index in [1.807, 2.05) is 36.0 Å². The first-order chi connectivity index (χ1) is 13.0. The molecular formula is C22H30N2O2S. The van der Waals surface area contributed by atoms with Crippen molar-refractivity contribution >= 4 is 23.6 Å². The molecule has 5 heteroatoms. The Kier molecular flexibility index (Phi) is 5.23. The highest BCUT2D eigenvalue weighted by atomic mass is 32.2. The van der Waals surface area contributed by atoms with Gasteiger partial charge in [-0.2, -0.15) is 11.8 Å². The highest BCUT2D eigenvalue weighted by Gasteiger charge is 2.56. The number of thioether (sulfide) groups is 1. The first-order valence-corrected chi connectivity index (χ1v) is 11.5. The van der Waals surface area contributed by atoms with Crippen LogP contribution in [-0.4, -0.2) is 58.3 Å². The van der Waals surface area contributed by atoms with Crippen LogP contribution in [0, 0.1) is 5.92 Å². The number of carbonyl (C=O) groups is 2. The predicted octanol–water partition coefficient (Wildman–Crippen LogP) is 3.77. The lowest BCUT2D eigenvalue weighted by molar-refractivity contribution is -0.136. The van der Waals surface area contributed by atoms with E-state index in [1.54, 1.807) is 0 Å². The standard InChI is InChI=1S/C22H30N2O2S/c1-16(2)15-24-20(25)18-8-4-3-7-17(18)19(22(24)9-5-6-10-22)21(26)23-11-13-27-14-12-23/h3-4,7-8,16,19H,5-6,9-15H2,1-2H3/t19-/m1/s1. The monoisotopic (exact) mass is 386 g/mol. The third-order valence-electron chi connectivity index (χ3n) is 6.41. The van der Waals surface area contributed by atoms with Crippen molar-refractivity contribution < 1.29 is 9.59 Å². The SMILES string of the molecule is CC(C)CN1C(=O)c2ccccc2[C@H](C(=O)N2CCSCC2)C12CCCC2. The quantitative estimate of drug-likeness (QED) is 0.794. The van der Waals surface area contributed by atoms with Gasteiger partial charge in [0.2, 0.25) is 5.91 Å². The van der Waals surface area contributed by atoms with E-state index in [4.69, 9.17) is 0 Å². The van der Waals surface area contributed by atoms with Gasteiger partial charge >= 0.3 is 0 Å². The molecule has 27 heavy (non-hydrogen) atoms. The molecule has 4 rings (SSSR count). The van der Waals surface area contributed by atoms with Crippen LogP contribution in [-0.2, 0) is 4.79 Å². The van der Waals surface area contributed by atoms with E-state index in [2.05, 4.69) is 23.6 Å². The molecule has 1 aliphatic carbocycles. The number of nitrogens with zero attached hydrogens (tertiary/aromatic N) is 2. The lowest BCUT2D eigenvalue weighted by Gasteiger charge is -2.51. The van der Waals surface area contributed by atoms with Gasteiger partial charge in [0, 0.05) is 36.7 Å². The number of rotatable bonds is 3. The molecule has 0 N–H and O–H groups in total. The van der Waals surface area contributed by atoms with Crippen molar-refractivity contribution in [3.63, 3.8) is 0 Å². The van der Waals surface area contributed by atoms with Gasteiger partial charge in [0.15, 0.2) is 0 Å². The maximum Gasteiger partial charge on any atom is 0.254 e. The summed E-state index contributed by atoms with van der Waals surface area (Å²) in [6.07, 6.45) is 4.09. The minimum absolute atomic E-state index is 0.124. The van der Waals surface area contributed by atoms with E-state index in [-0.39, 0.29) is 23.3 Å². The van der Waals surface area contributed by atoms with E-state index in [9.17, 15) is 9.59 Å². The van der Waals surface area contributed by atoms with Crippen molar-refractivity contribution in [1.29, 1.82) is 0 Å². The van der Waals surface area contributed by atoms with Crippen LogP contribution in [0.2, 0.25) is 0 Å². The molecule has 1 atom stereocenters. The predicted molar refractivity (Wildman–Crippen MR) is 110 cm³/mol. The first-order valence-electron chi connectivity index (χ1n) is 10.3. The van der Waals surface area contributed by atoms with Gasteiger partial charge in [0.1, 0.15) is 0 Å². The van der Waals surface area contributed by atoms with Gasteiger partial charge in [-0.1, -0.05) is 44.9 Å². The topological polar surface area (TPSA) is 40.6 Å². The molecule has 2 aliphatic heterocycles. The van der Waals surface area contributed by atoms with Gasteiger partial charge in [-0.15, -0.1) is 0 Å². The molecule has 4 nitrogen and oxygen atoms in total. The van der Waals surface area contributed by atoms with Crippen LogP contribution >= 0.6 is 11.8 Å². The maximum absolute atomic E-state index is 13.8. The van der Waals surface area contributed by atoms with Crippen molar-refractivity contribution in [3.05, 3.63) is 35.4 Å². The minimum atomic E-state index is -0.336. The molecule has 1 saturated carbocycles. The van der Waals surface area contributed by atoms with Crippen LogP contribution in [0.1, 0.15) is 61.4 Å². The number of hydrogen-bond acceptors (Lipinski definition) is 3. The van der Waals surface area contributed by atoms with E-state index >= 15 is 0 Å². The van der Waals surface area contributed by atoms with E-state index in [0.717, 1.165) is 68.0 Å². The van der Waals surface area contributed by atoms with E-state index in [0.29, 0.717) is 5.92 Å². The van der Waals surface area contributed by atoms with Crippen molar-refractivity contribution in [3.8, 4) is 0 Å². The molecule has 0 unspecified atom stereocenters. The van der Waals surface area contributed by atoms with Crippen LogP contribution in [0.4, 0.5) is 0 Å². The highest BCUT2D eigenvalue weighted by molar-refractivity contribution is 7.99. The zero-order valence-electron chi connectivity index (χ0n) is 16.4. The van der Waals surface area contributed by atoms with Gasteiger partial charge < -0.3 is 9.80 Å². The number of carbonyl (C=O) groups excluding carboxylic acids is 2. The number of amides is 2. The van der Waals surface area contributed by atoms with Crippen molar-refractivity contribution in [2.75, 3.05) is 31.1 Å². The van der Waals surface area contributed by atoms with Gasteiger partial charge in [-0.05, 0) is 30.4 Å². The molecule has 2 amide bonds. The summed E-state index contributed by atoms with van der Waals surface area (Å²) in [6, 6.07) is 7.86. The van der Waals surface area contributed by atoms with Gasteiger partial charge in [0.05, 0.1) is 11.5 Å². The second-order valence-electron chi connectivity index (χ2n) is 8.58. The zero-order valence-corrected chi connectivity index (χ0v) is 17.3. The van der Waals surface area contributed by atoms with E-state index < -0.39 is 0 Å². The average molecular weight is 387 g/mol. The first kappa shape index (κ1) is 18.9. The van der Waals surface area contributed by atoms with Crippen LogP contribution in [0.5, 0.6) is 0 Å². The van der Waals surface area contributed by atoms with Gasteiger partial charge in [-0.3, -0.25) is 9.59 Å². The molecule has 0 radical (unpaired) electrons. The summed E-state index contributed by atoms with van der Waals surface area (Å²) in [5.41, 5.74) is 1.37. The second-order valence-corrected chi connectivity index (χ2v) is 9.80. The molecule has 2 heterocycles. The Morgan fingerprint density at radius 2 is 1.85 bits per heavy atom. The Hall–Kier alpha value is -1.49. The Labute approximate surface area is 166 Å². The Bertz CT molecular complexity index is 721. The van der Waals surface area contributed by atoms with Crippen molar-refractivity contribution in [1.82, 2.24) is 9.80 Å². The fraction of sp³-hybridized carbons (Fsp3) is 0.636. The molecule has 0 aromatic heterocycles. The summed E-state index contributed by atoms with van der Waals surface area (Å²) in [6.45, 7) is 6.71. The minimum Gasteiger partial charge on any atom is -0.340 e. The Balaban J connectivity index is 1.83. The summed E-state index contributed by atoms with van der Waals surface area (Å²) < 4.78 is 0. The maximum atomic E-state index is 13.8. The third-order valence-corrected chi connectivity index (χ3v) is 7.35. The summed E-state index contributed by atoms with van der Waals surface area (Å²) in [5.74, 6) is 2.57. The third kappa shape index (κ3) is 3.18. The number of fused-ring (bicyclic) bond motifs is 1. The van der Waals surface area contributed by atoms with Crippen LogP contribution in [0.25, 0.3) is 0 Å². The summed E-state index contributed by atoms with van der Waals surface area (Å²) in [5, 5.41) is 0. The smallest absolute Gasteiger partial charge is 0.254 e. The summed E-state index contributed by atoms with van der Waals surface area (Å²) in [4.78, 5) is 31.4. The fourth-order valence-corrected chi connectivity index (χ4v) is 6.14. The molecule has 1 aromatic rings. The Morgan fingerprint density at radius 3 is 2.52 bits per heavy atom. The van der Waals surface area contributed by atoms with Crippen LogP contribution < -0.4 is 0 Å². The fourth-order valence-electron chi connectivity index (χ4n) is 5.24. The molecule has 1 saturated heterocycles. The number of hydrogen-bond donors (Lipinski definition) is 0. The largest absolute Gasteiger partial charge is 0.340 e. The molecule has 2 fully saturated rings. The number of benzene rings is 1. The second kappa shape index (κ2) is 7.50. The molecular weight excluding hydrogens is 356 g/mol. The molecule has 3 aliphatic rings. The lowest BCUT2D eigenvalue weighted by atomic mass is 9.70. The lowest BCUT2D eigenvalue weighted by Crippen LogP contribution is -2.62. The Morgan fingerprint density at radius 1 is 1.19 bits per heavy atom. The highest BCUT2D eigenvalue weighted by Crippen LogP contribution is 2.51. The van der Waals surface area contributed by atoms with Crippen LogP contribution in [0.3, 0.4) is 0 Å². The van der Waals surface area contributed by atoms with Crippen LogP contribution in [0.15, 0.2) is 24.3 Å². The molecule has 1 spiro atoms. The van der Waals surface area contributed by atoms with Gasteiger partial charge in [-0.25, -0.2) is 0 Å². The summed E-state index contributed by atoms with van der Waals surface area (Å²) in [7, 11) is 0. The summed E-state index contributed by atoms with van der Waals surface area (Å²) >= 11 is 1.92. The molecule has 1 aromatic carbocycles. The van der Waals surface area contributed by atoms with Crippen molar-refractivity contribution in [2.45, 2.75) is 51.0 Å². The zero-order chi connectivity index (χ0) is 19.0. The van der Waals surface area contributed by atoms with Crippen molar-refractivity contribution in [2.24, 2.45) is 5.92 Å². The van der Waals surface area contributed by atoms with Gasteiger partial charge in [0.25, 0.3) is 5.91 Å².